The lowest BCUT2D eigenvalue weighted by Gasteiger charge is -2.36. The second-order valence-electron chi connectivity index (χ2n) is 5.51. The monoisotopic (exact) mass is 243 g/mol. The van der Waals surface area contributed by atoms with Crippen LogP contribution in [-0.4, -0.2) is 54.7 Å². The van der Waals surface area contributed by atoms with Crippen LogP contribution in [0, 0.1) is 5.41 Å². The van der Waals surface area contributed by atoms with Crippen molar-refractivity contribution in [3.05, 3.63) is 0 Å². The van der Waals surface area contributed by atoms with E-state index in [1.165, 1.54) is 0 Å². The van der Waals surface area contributed by atoms with Crippen LogP contribution in [0.5, 0.6) is 0 Å². The van der Waals surface area contributed by atoms with Gasteiger partial charge in [0.2, 0.25) is 0 Å². The summed E-state index contributed by atoms with van der Waals surface area (Å²) in [6, 6.07) is 0. The van der Waals surface area contributed by atoms with E-state index in [0.29, 0.717) is 6.61 Å². The van der Waals surface area contributed by atoms with Gasteiger partial charge in [0, 0.05) is 25.0 Å². The molecule has 0 aromatic heterocycles. The molecule has 0 radical (unpaired) electrons. The molecule has 0 amide bonds. The van der Waals surface area contributed by atoms with Gasteiger partial charge in [0.1, 0.15) is 5.78 Å². The molecular weight excluding hydrogens is 218 g/mol. The fourth-order valence-corrected chi connectivity index (χ4v) is 2.12. The van der Waals surface area contributed by atoms with E-state index in [1.807, 2.05) is 13.8 Å². The molecule has 0 saturated carbocycles. The Balaban J connectivity index is 2.30. The number of aliphatic hydroxyl groups excluding tert-OH is 1. The molecule has 0 spiro atoms. The Kier molecular flexibility index (Phi) is 5.56. The van der Waals surface area contributed by atoms with Crippen molar-refractivity contribution in [1.82, 2.24) is 4.90 Å². The minimum absolute atomic E-state index is 0.0948. The van der Waals surface area contributed by atoms with Gasteiger partial charge in [0.05, 0.1) is 19.3 Å². The van der Waals surface area contributed by atoms with Gasteiger partial charge in [0.25, 0.3) is 0 Å². The first-order valence-electron chi connectivity index (χ1n) is 6.41. The van der Waals surface area contributed by atoms with Crippen LogP contribution >= 0.6 is 0 Å². The number of piperidine rings is 1. The molecule has 0 aromatic rings. The summed E-state index contributed by atoms with van der Waals surface area (Å²) in [5.41, 5.74) is -0.251. The number of carbonyl (C=O) groups is 1. The lowest BCUT2D eigenvalue weighted by molar-refractivity contribution is -0.126. The fourth-order valence-electron chi connectivity index (χ4n) is 2.12. The summed E-state index contributed by atoms with van der Waals surface area (Å²) in [7, 11) is 0. The Bertz CT molecular complexity index is 245. The van der Waals surface area contributed by atoms with Gasteiger partial charge in [-0.1, -0.05) is 13.8 Å². The number of ether oxygens (including phenoxy) is 1. The third kappa shape index (κ3) is 4.74. The molecule has 0 atom stereocenters. The summed E-state index contributed by atoms with van der Waals surface area (Å²) in [5, 5.41) is 8.69. The minimum Gasteiger partial charge on any atom is -0.394 e. The number of rotatable bonds is 6. The SMILES string of the molecule is CC(=O)C(C)(C)CN1CCC(OCCO)CC1. The van der Waals surface area contributed by atoms with E-state index in [9.17, 15) is 4.79 Å². The number of ketones is 1. The number of hydrogen-bond acceptors (Lipinski definition) is 4. The first kappa shape index (κ1) is 14.6. The highest BCUT2D eigenvalue weighted by atomic mass is 16.5. The van der Waals surface area contributed by atoms with Gasteiger partial charge >= 0.3 is 0 Å². The second kappa shape index (κ2) is 6.47. The van der Waals surface area contributed by atoms with E-state index in [0.717, 1.165) is 32.5 Å². The molecule has 1 saturated heterocycles. The maximum absolute atomic E-state index is 11.5. The van der Waals surface area contributed by atoms with Crippen molar-refractivity contribution >= 4 is 5.78 Å². The van der Waals surface area contributed by atoms with Gasteiger partial charge < -0.3 is 14.7 Å². The Morgan fingerprint density at radius 1 is 1.41 bits per heavy atom. The first-order valence-corrected chi connectivity index (χ1v) is 6.41. The van der Waals surface area contributed by atoms with Crippen molar-refractivity contribution < 1.29 is 14.6 Å². The summed E-state index contributed by atoms with van der Waals surface area (Å²) in [6.07, 6.45) is 2.26. The van der Waals surface area contributed by atoms with E-state index in [1.54, 1.807) is 6.92 Å². The van der Waals surface area contributed by atoms with E-state index >= 15 is 0 Å². The van der Waals surface area contributed by atoms with E-state index < -0.39 is 0 Å². The summed E-state index contributed by atoms with van der Waals surface area (Å²) in [4.78, 5) is 13.8. The van der Waals surface area contributed by atoms with Crippen molar-refractivity contribution in [2.75, 3.05) is 32.8 Å². The smallest absolute Gasteiger partial charge is 0.136 e. The standard InChI is InChI=1S/C13H25NO3/c1-11(16)13(2,3)10-14-6-4-12(5-7-14)17-9-8-15/h12,15H,4-10H2,1-3H3. The van der Waals surface area contributed by atoms with Crippen LogP contribution in [0.1, 0.15) is 33.6 Å². The summed E-state index contributed by atoms with van der Waals surface area (Å²) in [5.74, 6) is 0.246. The quantitative estimate of drug-likeness (QED) is 0.758. The van der Waals surface area contributed by atoms with E-state index in [-0.39, 0.29) is 23.9 Å². The van der Waals surface area contributed by atoms with Gasteiger partial charge in [0.15, 0.2) is 0 Å². The molecule has 4 nitrogen and oxygen atoms in total. The molecular formula is C13H25NO3. The van der Waals surface area contributed by atoms with E-state index in [4.69, 9.17) is 9.84 Å². The van der Waals surface area contributed by atoms with Crippen molar-refractivity contribution in [1.29, 1.82) is 0 Å². The van der Waals surface area contributed by atoms with Gasteiger partial charge in [-0.15, -0.1) is 0 Å². The van der Waals surface area contributed by atoms with Gasteiger partial charge in [-0.25, -0.2) is 0 Å². The van der Waals surface area contributed by atoms with Crippen molar-refractivity contribution in [3.8, 4) is 0 Å². The lowest BCUT2D eigenvalue weighted by atomic mass is 9.87. The highest BCUT2D eigenvalue weighted by Crippen LogP contribution is 2.22. The van der Waals surface area contributed by atoms with Gasteiger partial charge in [-0.05, 0) is 19.8 Å². The normalized spacial score (nSPS) is 19.5. The molecule has 1 N–H and O–H groups in total. The molecule has 0 aromatic carbocycles. The molecule has 100 valence electrons. The molecule has 0 aliphatic carbocycles. The molecule has 17 heavy (non-hydrogen) atoms. The second-order valence-corrected chi connectivity index (χ2v) is 5.51. The van der Waals surface area contributed by atoms with Gasteiger partial charge in [-0.2, -0.15) is 0 Å². The van der Waals surface area contributed by atoms with Crippen molar-refractivity contribution in [2.45, 2.75) is 39.7 Å². The van der Waals surface area contributed by atoms with Crippen LogP contribution in [0.2, 0.25) is 0 Å². The number of hydrogen-bond donors (Lipinski definition) is 1. The minimum atomic E-state index is -0.251. The highest BCUT2D eigenvalue weighted by Gasteiger charge is 2.29. The molecule has 4 heteroatoms. The highest BCUT2D eigenvalue weighted by molar-refractivity contribution is 5.81. The molecule has 1 aliphatic heterocycles. The predicted octanol–water partition coefficient (Wildman–Crippen LogP) is 1.07. The molecule has 1 aliphatic rings. The number of nitrogens with zero attached hydrogens (tertiary/aromatic N) is 1. The Hall–Kier alpha value is -0.450. The van der Waals surface area contributed by atoms with Crippen molar-refractivity contribution in [3.63, 3.8) is 0 Å². The number of carbonyl (C=O) groups excluding carboxylic acids is 1. The largest absolute Gasteiger partial charge is 0.394 e. The average Bonchev–Trinajstić information content (AvgIpc) is 2.27. The zero-order valence-corrected chi connectivity index (χ0v) is 11.2. The Morgan fingerprint density at radius 2 is 2.00 bits per heavy atom. The van der Waals surface area contributed by atoms with Crippen LogP contribution in [0.25, 0.3) is 0 Å². The van der Waals surface area contributed by atoms with Gasteiger partial charge in [-0.3, -0.25) is 4.79 Å². The van der Waals surface area contributed by atoms with E-state index in [2.05, 4.69) is 4.90 Å². The summed E-state index contributed by atoms with van der Waals surface area (Å²) >= 11 is 0. The predicted molar refractivity (Wildman–Crippen MR) is 67.0 cm³/mol. The van der Waals surface area contributed by atoms with Crippen LogP contribution in [0.3, 0.4) is 0 Å². The topological polar surface area (TPSA) is 49.8 Å². The Labute approximate surface area is 104 Å². The first-order chi connectivity index (χ1) is 7.95. The molecule has 1 fully saturated rings. The fraction of sp³-hybridized carbons (Fsp3) is 0.923. The van der Waals surface area contributed by atoms with Crippen LogP contribution < -0.4 is 0 Å². The third-order valence-electron chi connectivity index (χ3n) is 3.55. The molecule has 1 heterocycles. The van der Waals surface area contributed by atoms with Crippen LogP contribution in [0.4, 0.5) is 0 Å². The molecule has 1 rings (SSSR count). The third-order valence-corrected chi connectivity index (χ3v) is 3.55. The number of aliphatic hydroxyl groups is 1. The maximum atomic E-state index is 11.5. The summed E-state index contributed by atoms with van der Waals surface area (Å²) in [6.45, 7) is 8.99. The molecule has 0 unspecified atom stereocenters. The average molecular weight is 243 g/mol. The van der Waals surface area contributed by atoms with Crippen LogP contribution in [0.15, 0.2) is 0 Å². The Morgan fingerprint density at radius 3 is 2.47 bits per heavy atom. The zero-order valence-electron chi connectivity index (χ0n) is 11.2. The number of Topliss-reactive ketones (excluding diaryl/α,β-unsaturated/α-hetero) is 1. The maximum Gasteiger partial charge on any atom is 0.136 e. The van der Waals surface area contributed by atoms with Crippen LogP contribution in [-0.2, 0) is 9.53 Å². The number of likely N-dealkylation sites (tertiary alicyclic amines) is 1. The summed E-state index contributed by atoms with van der Waals surface area (Å²) < 4.78 is 5.51. The zero-order chi connectivity index (χ0) is 12.9. The molecule has 0 bridgehead atoms. The lowest BCUT2D eigenvalue weighted by Crippen LogP contribution is -2.44. The van der Waals surface area contributed by atoms with Crippen molar-refractivity contribution in [2.24, 2.45) is 5.41 Å².